The van der Waals surface area contributed by atoms with Gasteiger partial charge in [0.2, 0.25) is 0 Å². The number of nitrogens with one attached hydrogen (secondary N) is 2. The molecule has 0 atom stereocenters. The summed E-state index contributed by atoms with van der Waals surface area (Å²) in [5.41, 5.74) is 3.53. The van der Waals surface area contributed by atoms with Crippen LogP contribution >= 0.6 is 12.2 Å². The molecule has 8 heteroatoms. The summed E-state index contributed by atoms with van der Waals surface area (Å²) in [6, 6.07) is 12.6. The lowest BCUT2D eigenvalue weighted by atomic mass is 10.1. The van der Waals surface area contributed by atoms with Crippen molar-refractivity contribution in [2.75, 3.05) is 38.2 Å². The molecule has 1 fully saturated rings. The number of nitrogens with zero attached hydrogens (tertiary/aromatic N) is 1. The number of aryl methyl sites for hydroxylation is 2. The molecule has 2 amide bonds. The van der Waals surface area contributed by atoms with E-state index in [-0.39, 0.29) is 23.5 Å². The van der Waals surface area contributed by atoms with Crippen LogP contribution in [0.15, 0.2) is 42.5 Å². The predicted molar refractivity (Wildman–Crippen MR) is 119 cm³/mol. The zero-order valence-electron chi connectivity index (χ0n) is 17.1. The number of carbonyl (C=O) groups is 2. The molecule has 1 saturated heterocycles. The van der Waals surface area contributed by atoms with Crippen LogP contribution in [0, 0.1) is 13.8 Å². The minimum Gasteiger partial charge on any atom is -0.484 e. The second kappa shape index (κ2) is 10.2. The van der Waals surface area contributed by atoms with Gasteiger partial charge in [0.15, 0.2) is 11.7 Å². The molecule has 0 aromatic heterocycles. The van der Waals surface area contributed by atoms with E-state index in [1.165, 1.54) is 0 Å². The topological polar surface area (TPSA) is 79.9 Å². The molecular formula is C22H25N3O4S. The Morgan fingerprint density at radius 3 is 2.43 bits per heavy atom. The Morgan fingerprint density at radius 1 is 1.07 bits per heavy atom. The van der Waals surface area contributed by atoms with Crippen molar-refractivity contribution in [3.63, 3.8) is 0 Å². The molecule has 0 radical (unpaired) electrons. The van der Waals surface area contributed by atoms with E-state index < -0.39 is 0 Å². The summed E-state index contributed by atoms with van der Waals surface area (Å²) < 4.78 is 10.8. The Balaban J connectivity index is 1.46. The number of hydrogen-bond donors (Lipinski definition) is 2. The second-order valence-electron chi connectivity index (χ2n) is 7.02. The van der Waals surface area contributed by atoms with E-state index in [9.17, 15) is 9.59 Å². The summed E-state index contributed by atoms with van der Waals surface area (Å²) in [5.74, 6) is 0.252. The van der Waals surface area contributed by atoms with Gasteiger partial charge in [-0.15, -0.1) is 0 Å². The number of benzene rings is 2. The lowest BCUT2D eigenvalue weighted by Gasteiger charge is -2.26. The van der Waals surface area contributed by atoms with Crippen LogP contribution in [0.5, 0.6) is 5.75 Å². The lowest BCUT2D eigenvalue weighted by Crippen LogP contribution is -2.40. The van der Waals surface area contributed by atoms with E-state index >= 15 is 0 Å². The number of morpholine rings is 1. The Bertz CT molecular complexity index is 924. The fourth-order valence-electron chi connectivity index (χ4n) is 2.92. The Morgan fingerprint density at radius 2 is 1.77 bits per heavy atom. The van der Waals surface area contributed by atoms with E-state index in [0.29, 0.717) is 43.3 Å². The van der Waals surface area contributed by atoms with E-state index in [1.54, 1.807) is 29.2 Å². The SMILES string of the molecule is Cc1ccc(OCC(=O)NC(=S)Nc2ccc(C(=O)N3CCOCC3)cc2)cc1C. The minimum atomic E-state index is -0.357. The fraction of sp³-hybridized carbons (Fsp3) is 0.318. The highest BCUT2D eigenvalue weighted by Gasteiger charge is 2.18. The molecule has 0 saturated carbocycles. The maximum atomic E-state index is 12.5. The molecule has 158 valence electrons. The number of thiocarbonyl (C=S) groups is 1. The molecule has 0 spiro atoms. The van der Waals surface area contributed by atoms with Crippen LogP contribution in [0.25, 0.3) is 0 Å². The zero-order chi connectivity index (χ0) is 21.5. The van der Waals surface area contributed by atoms with Gasteiger partial charge in [-0.05, 0) is 73.6 Å². The number of rotatable bonds is 5. The first-order valence-corrected chi connectivity index (χ1v) is 10.1. The normalized spacial score (nSPS) is 13.5. The van der Waals surface area contributed by atoms with Gasteiger partial charge in [-0.1, -0.05) is 6.07 Å². The van der Waals surface area contributed by atoms with Crippen molar-refractivity contribution in [1.82, 2.24) is 10.2 Å². The molecule has 0 bridgehead atoms. The van der Waals surface area contributed by atoms with Crippen molar-refractivity contribution < 1.29 is 19.1 Å². The van der Waals surface area contributed by atoms with Gasteiger partial charge in [0.1, 0.15) is 5.75 Å². The molecule has 2 aromatic rings. The van der Waals surface area contributed by atoms with Crippen LogP contribution in [0.1, 0.15) is 21.5 Å². The third-order valence-electron chi connectivity index (χ3n) is 4.79. The number of anilines is 1. The molecule has 30 heavy (non-hydrogen) atoms. The molecule has 7 nitrogen and oxygen atoms in total. The van der Waals surface area contributed by atoms with Crippen LogP contribution in [0.2, 0.25) is 0 Å². The van der Waals surface area contributed by atoms with Gasteiger partial charge in [-0.2, -0.15) is 0 Å². The van der Waals surface area contributed by atoms with Gasteiger partial charge in [-0.3, -0.25) is 14.9 Å². The van der Waals surface area contributed by atoms with E-state index in [0.717, 1.165) is 11.1 Å². The first-order chi connectivity index (χ1) is 14.4. The van der Waals surface area contributed by atoms with Crippen molar-refractivity contribution >= 4 is 34.8 Å². The fourth-order valence-corrected chi connectivity index (χ4v) is 3.15. The molecular weight excluding hydrogens is 402 g/mol. The average molecular weight is 428 g/mol. The van der Waals surface area contributed by atoms with Crippen LogP contribution in [-0.2, 0) is 9.53 Å². The van der Waals surface area contributed by atoms with Crippen molar-refractivity contribution in [3.05, 3.63) is 59.2 Å². The van der Waals surface area contributed by atoms with Crippen molar-refractivity contribution in [1.29, 1.82) is 0 Å². The van der Waals surface area contributed by atoms with E-state index in [2.05, 4.69) is 10.6 Å². The number of amides is 2. The number of ether oxygens (including phenoxy) is 2. The Kier molecular flexibility index (Phi) is 7.37. The van der Waals surface area contributed by atoms with Crippen LogP contribution in [0.4, 0.5) is 5.69 Å². The third-order valence-corrected chi connectivity index (χ3v) is 4.99. The molecule has 2 aromatic carbocycles. The van der Waals surface area contributed by atoms with Gasteiger partial charge >= 0.3 is 0 Å². The largest absolute Gasteiger partial charge is 0.484 e. The number of carbonyl (C=O) groups excluding carboxylic acids is 2. The van der Waals surface area contributed by atoms with Gasteiger partial charge in [-0.25, -0.2) is 0 Å². The number of hydrogen-bond acceptors (Lipinski definition) is 5. The molecule has 1 heterocycles. The van der Waals surface area contributed by atoms with E-state index in [1.807, 2.05) is 32.0 Å². The monoisotopic (exact) mass is 427 g/mol. The lowest BCUT2D eigenvalue weighted by molar-refractivity contribution is -0.121. The van der Waals surface area contributed by atoms with Crippen molar-refractivity contribution in [3.8, 4) is 5.75 Å². The molecule has 1 aliphatic rings. The first kappa shape index (κ1) is 21.7. The summed E-state index contributed by atoms with van der Waals surface area (Å²) in [4.78, 5) is 26.3. The molecule has 3 rings (SSSR count). The summed E-state index contributed by atoms with van der Waals surface area (Å²) in [5, 5.41) is 5.68. The van der Waals surface area contributed by atoms with Gasteiger partial charge in [0.05, 0.1) is 13.2 Å². The summed E-state index contributed by atoms with van der Waals surface area (Å²) in [7, 11) is 0. The minimum absolute atomic E-state index is 0.0239. The summed E-state index contributed by atoms with van der Waals surface area (Å²) in [6.45, 7) is 6.18. The smallest absolute Gasteiger partial charge is 0.264 e. The summed E-state index contributed by atoms with van der Waals surface area (Å²) in [6.07, 6.45) is 0. The highest BCUT2D eigenvalue weighted by atomic mass is 32.1. The molecule has 2 N–H and O–H groups in total. The predicted octanol–water partition coefficient (Wildman–Crippen LogP) is 2.67. The Labute approximate surface area is 181 Å². The van der Waals surface area contributed by atoms with E-state index in [4.69, 9.17) is 21.7 Å². The van der Waals surface area contributed by atoms with Gasteiger partial charge in [0.25, 0.3) is 11.8 Å². The van der Waals surface area contributed by atoms with Crippen LogP contribution < -0.4 is 15.4 Å². The molecule has 1 aliphatic heterocycles. The van der Waals surface area contributed by atoms with Crippen molar-refractivity contribution in [2.45, 2.75) is 13.8 Å². The zero-order valence-corrected chi connectivity index (χ0v) is 17.9. The first-order valence-electron chi connectivity index (χ1n) is 9.70. The Hall–Kier alpha value is -2.97. The highest BCUT2D eigenvalue weighted by Crippen LogP contribution is 2.16. The average Bonchev–Trinajstić information content (AvgIpc) is 2.75. The highest BCUT2D eigenvalue weighted by molar-refractivity contribution is 7.80. The van der Waals surface area contributed by atoms with Gasteiger partial charge in [0, 0.05) is 24.3 Å². The van der Waals surface area contributed by atoms with Gasteiger partial charge < -0.3 is 19.7 Å². The molecule has 0 aliphatic carbocycles. The van der Waals surface area contributed by atoms with Crippen LogP contribution in [0.3, 0.4) is 0 Å². The maximum absolute atomic E-state index is 12.5. The third kappa shape index (κ3) is 6.01. The quantitative estimate of drug-likeness (QED) is 0.715. The summed E-state index contributed by atoms with van der Waals surface area (Å²) >= 11 is 5.18. The maximum Gasteiger partial charge on any atom is 0.264 e. The molecule has 0 unspecified atom stereocenters. The standard InChI is InChI=1S/C22H25N3O4S/c1-15-3-8-19(13-16(15)2)29-14-20(26)24-22(30)23-18-6-4-17(5-7-18)21(27)25-9-11-28-12-10-25/h3-8,13H,9-12,14H2,1-2H3,(H2,23,24,26,30). The second-order valence-corrected chi connectivity index (χ2v) is 7.43. The van der Waals surface area contributed by atoms with Crippen molar-refractivity contribution in [2.24, 2.45) is 0 Å². The van der Waals surface area contributed by atoms with Crippen LogP contribution in [-0.4, -0.2) is 54.7 Å².